The Kier molecular flexibility index (Phi) is 5.66. The number of piperidine rings is 1. The monoisotopic (exact) mass is 339 g/mol. The van der Waals surface area contributed by atoms with Gasteiger partial charge in [-0.1, -0.05) is 30.3 Å². The maximum absolute atomic E-state index is 12.3. The number of aromatic nitrogens is 1. The third-order valence-corrected chi connectivity index (χ3v) is 4.85. The van der Waals surface area contributed by atoms with E-state index < -0.39 is 0 Å². The van der Waals surface area contributed by atoms with E-state index in [-0.39, 0.29) is 17.5 Å². The average molecular weight is 339 g/mol. The minimum atomic E-state index is -0.164. The Morgan fingerprint density at radius 1 is 1.16 bits per heavy atom. The van der Waals surface area contributed by atoms with Crippen LogP contribution in [0, 0.1) is 0 Å². The molecule has 0 atom stereocenters. The highest BCUT2D eigenvalue weighted by atomic mass is 16.2. The topological polar surface area (TPSA) is 54.3 Å². The Balaban J connectivity index is 1.45. The van der Waals surface area contributed by atoms with E-state index in [4.69, 9.17) is 0 Å². The van der Waals surface area contributed by atoms with Gasteiger partial charge in [-0.05, 0) is 30.9 Å². The van der Waals surface area contributed by atoms with Gasteiger partial charge in [0.25, 0.3) is 11.5 Å². The lowest BCUT2D eigenvalue weighted by Crippen LogP contribution is -2.45. The number of carbonyl (C=O) groups excluding carboxylic acids is 1. The number of nitrogens with zero attached hydrogens (tertiary/aromatic N) is 2. The fourth-order valence-corrected chi connectivity index (χ4v) is 3.19. The molecule has 2 aromatic rings. The third-order valence-electron chi connectivity index (χ3n) is 4.85. The van der Waals surface area contributed by atoms with E-state index in [1.54, 1.807) is 19.3 Å². The standard InChI is InChI=1S/C20H25N3O2/c1-22-11-8-17(15-19(22)24)20(25)21-18-9-13-23(14-10-18)12-7-16-5-3-2-4-6-16/h2-6,8,11,15,18H,7,9-10,12-14H2,1H3,(H,21,25). The van der Waals surface area contributed by atoms with Crippen LogP contribution in [0.3, 0.4) is 0 Å². The lowest BCUT2D eigenvalue weighted by atomic mass is 10.0. The van der Waals surface area contributed by atoms with Gasteiger partial charge in [-0.25, -0.2) is 0 Å². The van der Waals surface area contributed by atoms with Crippen molar-refractivity contribution in [2.24, 2.45) is 7.05 Å². The van der Waals surface area contributed by atoms with Gasteiger partial charge in [-0.2, -0.15) is 0 Å². The van der Waals surface area contributed by atoms with E-state index in [9.17, 15) is 9.59 Å². The number of benzene rings is 1. The first-order chi connectivity index (χ1) is 12.1. The van der Waals surface area contributed by atoms with Crippen LogP contribution < -0.4 is 10.9 Å². The van der Waals surface area contributed by atoms with Crippen LogP contribution in [-0.2, 0) is 13.5 Å². The first kappa shape index (κ1) is 17.4. The van der Waals surface area contributed by atoms with E-state index >= 15 is 0 Å². The molecule has 1 amide bonds. The molecule has 0 spiro atoms. The van der Waals surface area contributed by atoms with Crippen LogP contribution in [0.2, 0.25) is 0 Å². The smallest absolute Gasteiger partial charge is 0.251 e. The molecule has 1 N–H and O–H groups in total. The Morgan fingerprint density at radius 2 is 1.88 bits per heavy atom. The van der Waals surface area contributed by atoms with Gasteiger partial charge in [-0.15, -0.1) is 0 Å². The molecule has 1 aromatic carbocycles. The van der Waals surface area contributed by atoms with Crippen molar-refractivity contribution in [2.45, 2.75) is 25.3 Å². The number of hydrogen-bond acceptors (Lipinski definition) is 3. The fourth-order valence-electron chi connectivity index (χ4n) is 3.19. The molecule has 0 radical (unpaired) electrons. The minimum absolute atomic E-state index is 0.152. The number of likely N-dealkylation sites (tertiary alicyclic amines) is 1. The quantitative estimate of drug-likeness (QED) is 0.904. The lowest BCUT2D eigenvalue weighted by Gasteiger charge is -2.32. The highest BCUT2D eigenvalue weighted by molar-refractivity contribution is 5.94. The molecule has 0 bridgehead atoms. The Morgan fingerprint density at radius 3 is 2.56 bits per heavy atom. The predicted octanol–water partition coefficient (Wildman–Crippen LogP) is 1.82. The highest BCUT2D eigenvalue weighted by Gasteiger charge is 2.21. The second-order valence-corrected chi connectivity index (χ2v) is 6.69. The summed E-state index contributed by atoms with van der Waals surface area (Å²) in [5.74, 6) is -0.152. The van der Waals surface area contributed by atoms with Crippen LogP contribution in [0.15, 0.2) is 53.5 Å². The summed E-state index contributed by atoms with van der Waals surface area (Å²) in [6.07, 6.45) is 4.59. The van der Waals surface area contributed by atoms with Gasteiger partial charge in [0.2, 0.25) is 0 Å². The van der Waals surface area contributed by atoms with Gasteiger partial charge >= 0.3 is 0 Å². The lowest BCUT2D eigenvalue weighted by molar-refractivity contribution is 0.0911. The highest BCUT2D eigenvalue weighted by Crippen LogP contribution is 2.12. The van der Waals surface area contributed by atoms with Crippen LogP contribution in [-0.4, -0.2) is 41.1 Å². The summed E-state index contributed by atoms with van der Waals surface area (Å²) in [5.41, 5.74) is 1.64. The third kappa shape index (κ3) is 4.79. The molecule has 1 aliphatic rings. The Hall–Kier alpha value is -2.40. The van der Waals surface area contributed by atoms with Crippen LogP contribution in [0.25, 0.3) is 0 Å². The maximum Gasteiger partial charge on any atom is 0.251 e. The number of nitrogens with one attached hydrogen (secondary N) is 1. The molecule has 1 aliphatic heterocycles. The molecule has 5 heteroatoms. The minimum Gasteiger partial charge on any atom is -0.349 e. The molecule has 1 aromatic heterocycles. The van der Waals surface area contributed by atoms with Crippen molar-refractivity contribution in [3.8, 4) is 0 Å². The number of amides is 1. The van der Waals surface area contributed by atoms with E-state index in [1.165, 1.54) is 16.2 Å². The molecular weight excluding hydrogens is 314 g/mol. The molecule has 5 nitrogen and oxygen atoms in total. The van der Waals surface area contributed by atoms with Gasteiger partial charge in [0.05, 0.1) is 0 Å². The second kappa shape index (κ2) is 8.12. The van der Waals surface area contributed by atoms with Crippen LogP contribution in [0.4, 0.5) is 0 Å². The number of carbonyl (C=O) groups is 1. The zero-order chi connectivity index (χ0) is 17.6. The molecule has 0 unspecified atom stereocenters. The van der Waals surface area contributed by atoms with Crippen molar-refractivity contribution >= 4 is 5.91 Å². The van der Waals surface area contributed by atoms with Crippen molar-refractivity contribution in [3.05, 3.63) is 70.1 Å². The second-order valence-electron chi connectivity index (χ2n) is 6.69. The molecule has 25 heavy (non-hydrogen) atoms. The summed E-state index contributed by atoms with van der Waals surface area (Å²) in [7, 11) is 1.68. The largest absolute Gasteiger partial charge is 0.349 e. The normalized spacial score (nSPS) is 15.9. The van der Waals surface area contributed by atoms with E-state index in [0.717, 1.165) is 38.9 Å². The predicted molar refractivity (Wildman–Crippen MR) is 98.8 cm³/mol. The molecular formula is C20H25N3O2. The van der Waals surface area contributed by atoms with E-state index in [2.05, 4.69) is 34.5 Å². The molecule has 1 saturated heterocycles. The molecule has 3 rings (SSSR count). The zero-order valence-corrected chi connectivity index (χ0v) is 14.6. The zero-order valence-electron chi connectivity index (χ0n) is 14.6. The van der Waals surface area contributed by atoms with Crippen molar-refractivity contribution in [2.75, 3.05) is 19.6 Å². The fraction of sp³-hybridized carbons (Fsp3) is 0.400. The average Bonchev–Trinajstić information content (AvgIpc) is 2.64. The first-order valence-corrected chi connectivity index (χ1v) is 8.85. The molecule has 2 heterocycles. The van der Waals surface area contributed by atoms with Gasteiger partial charge in [-0.3, -0.25) is 9.59 Å². The van der Waals surface area contributed by atoms with Crippen LogP contribution in [0.1, 0.15) is 28.8 Å². The number of rotatable bonds is 5. The Labute approximate surface area is 148 Å². The summed E-state index contributed by atoms with van der Waals surface area (Å²) in [6, 6.07) is 13.8. The van der Waals surface area contributed by atoms with Crippen molar-refractivity contribution in [3.63, 3.8) is 0 Å². The summed E-state index contributed by atoms with van der Waals surface area (Å²) in [5, 5.41) is 3.06. The number of aryl methyl sites for hydroxylation is 1. The SMILES string of the molecule is Cn1ccc(C(=O)NC2CCN(CCc3ccccc3)CC2)cc1=O. The summed E-state index contributed by atoms with van der Waals surface area (Å²) < 4.78 is 1.46. The van der Waals surface area contributed by atoms with Crippen molar-refractivity contribution in [1.29, 1.82) is 0 Å². The summed E-state index contributed by atoms with van der Waals surface area (Å²) >= 11 is 0. The van der Waals surface area contributed by atoms with Crippen LogP contribution >= 0.6 is 0 Å². The summed E-state index contributed by atoms with van der Waals surface area (Å²) in [4.78, 5) is 26.4. The first-order valence-electron chi connectivity index (χ1n) is 8.85. The van der Waals surface area contributed by atoms with E-state index in [1.807, 2.05) is 6.07 Å². The molecule has 132 valence electrons. The van der Waals surface area contributed by atoms with Crippen LogP contribution in [0.5, 0.6) is 0 Å². The van der Waals surface area contributed by atoms with Gasteiger partial charge in [0.15, 0.2) is 0 Å². The number of hydrogen-bond donors (Lipinski definition) is 1. The molecule has 0 aliphatic carbocycles. The van der Waals surface area contributed by atoms with E-state index in [0.29, 0.717) is 5.56 Å². The van der Waals surface area contributed by atoms with Gasteiger partial charge in [0.1, 0.15) is 0 Å². The Bertz CT molecular complexity index is 762. The summed E-state index contributed by atoms with van der Waals surface area (Å²) in [6.45, 7) is 3.04. The molecule has 1 fully saturated rings. The van der Waals surface area contributed by atoms with Crippen molar-refractivity contribution in [1.82, 2.24) is 14.8 Å². The maximum atomic E-state index is 12.3. The molecule has 0 saturated carbocycles. The van der Waals surface area contributed by atoms with Crippen molar-refractivity contribution < 1.29 is 4.79 Å². The van der Waals surface area contributed by atoms with Gasteiger partial charge < -0.3 is 14.8 Å². The number of pyridine rings is 1. The van der Waals surface area contributed by atoms with Gasteiger partial charge in [0, 0.05) is 50.6 Å².